The molecule has 0 spiro atoms. The maximum atomic E-state index is 11.5. The summed E-state index contributed by atoms with van der Waals surface area (Å²) in [6, 6.07) is 0.118. The lowest BCUT2D eigenvalue weighted by Crippen LogP contribution is -2.45. The van der Waals surface area contributed by atoms with Crippen molar-refractivity contribution in [2.45, 2.75) is 58.1 Å². The number of nitrogens with zero attached hydrogens (tertiary/aromatic N) is 1. The third kappa shape index (κ3) is 4.64. The Hall–Kier alpha value is -0.610. The highest BCUT2D eigenvalue weighted by molar-refractivity contribution is 5.71. The lowest BCUT2D eigenvalue weighted by atomic mass is 10.0. The van der Waals surface area contributed by atoms with E-state index in [2.05, 4.69) is 0 Å². The number of hydrogen-bond donors (Lipinski definition) is 1. The van der Waals surface area contributed by atoms with Crippen LogP contribution < -0.4 is 0 Å². The number of rotatable bonds is 5. The van der Waals surface area contributed by atoms with Gasteiger partial charge in [-0.2, -0.15) is 0 Å². The topological polar surface area (TPSA) is 49.8 Å². The van der Waals surface area contributed by atoms with Gasteiger partial charge in [-0.05, 0) is 26.3 Å². The molecule has 0 saturated heterocycles. The van der Waals surface area contributed by atoms with Crippen molar-refractivity contribution in [2.75, 3.05) is 19.7 Å². The first kappa shape index (κ1) is 14.5. The fourth-order valence-corrected chi connectivity index (χ4v) is 2.53. The molecule has 4 heteroatoms. The summed E-state index contributed by atoms with van der Waals surface area (Å²) in [5.41, 5.74) is 0. The van der Waals surface area contributed by atoms with E-state index in [1.54, 1.807) is 0 Å². The number of esters is 1. The molecule has 1 N–H and O–H groups in total. The van der Waals surface area contributed by atoms with Crippen LogP contribution in [0.3, 0.4) is 0 Å². The zero-order valence-corrected chi connectivity index (χ0v) is 11.0. The Balaban J connectivity index is 2.54. The molecule has 1 rings (SSSR count). The molecule has 2 atom stereocenters. The SMILES string of the molecule is CCOC(=O)CN(CC)C1CCCCCC1O. The Kier molecular flexibility index (Phi) is 6.52. The summed E-state index contributed by atoms with van der Waals surface area (Å²) in [5, 5.41) is 10.1. The fraction of sp³-hybridized carbons (Fsp3) is 0.923. The number of carbonyl (C=O) groups excluding carboxylic acids is 1. The van der Waals surface area contributed by atoms with Gasteiger partial charge < -0.3 is 9.84 Å². The van der Waals surface area contributed by atoms with Crippen molar-refractivity contribution < 1.29 is 14.6 Å². The van der Waals surface area contributed by atoms with Gasteiger partial charge in [0.1, 0.15) is 0 Å². The summed E-state index contributed by atoms with van der Waals surface area (Å²) in [5.74, 6) is -0.189. The van der Waals surface area contributed by atoms with Crippen LogP contribution in [0.1, 0.15) is 46.0 Å². The van der Waals surface area contributed by atoms with Crippen LogP contribution in [0.4, 0.5) is 0 Å². The first-order valence-corrected chi connectivity index (χ1v) is 6.76. The van der Waals surface area contributed by atoms with Crippen LogP contribution >= 0.6 is 0 Å². The van der Waals surface area contributed by atoms with Gasteiger partial charge in [-0.1, -0.05) is 26.2 Å². The summed E-state index contributed by atoms with van der Waals surface area (Å²) < 4.78 is 4.97. The van der Waals surface area contributed by atoms with Crippen LogP contribution in [0.25, 0.3) is 0 Å². The van der Waals surface area contributed by atoms with Gasteiger partial charge in [-0.3, -0.25) is 9.69 Å². The van der Waals surface area contributed by atoms with E-state index < -0.39 is 0 Å². The molecule has 1 aliphatic rings. The molecule has 0 radical (unpaired) electrons. The standard InChI is InChI=1S/C13H25NO3/c1-3-14(10-13(16)17-4-2)11-8-6-5-7-9-12(11)15/h11-12,15H,3-10H2,1-2H3. The highest BCUT2D eigenvalue weighted by Crippen LogP contribution is 2.22. The van der Waals surface area contributed by atoms with Gasteiger partial charge in [0.2, 0.25) is 0 Å². The number of carbonyl (C=O) groups is 1. The van der Waals surface area contributed by atoms with E-state index in [1.165, 1.54) is 6.42 Å². The number of ether oxygens (including phenoxy) is 1. The minimum absolute atomic E-state index is 0.118. The highest BCUT2D eigenvalue weighted by atomic mass is 16.5. The van der Waals surface area contributed by atoms with E-state index in [0.29, 0.717) is 13.2 Å². The minimum atomic E-state index is -0.299. The Labute approximate surface area is 104 Å². The minimum Gasteiger partial charge on any atom is -0.465 e. The van der Waals surface area contributed by atoms with Crippen LogP contribution in [-0.4, -0.2) is 47.8 Å². The smallest absolute Gasteiger partial charge is 0.320 e. The maximum absolute atomic E-state index is 11.5. The van der Waals surface area contributed by atoms with Crippen LogP contribution in [0.15, 0.2) is 0 Å². The number of aliphatic hydroxyl groups excluding tert-OH is 1. The molecule has 0 aromatic carbocycles. The van der Waals surface area contributed by atoms with Gasteiger partial charge >= 0.3 is 5.97 Å². The lowest BCUT2D eigenvalue weighted by Gasteiger charge is -2.32. The molecule has 0 bridgehead atoms. The van der Waals surface area contributed by atoms with E-state index in [9.17, 15) is 9.90 Å². The molecule has 0 heterocycles. The zero-order chi connectivity index (χ0) is 12.7. The van der Waals surface area contributed by atoms with E-state index in [0.717, 1.165) is 32.2 Å². The molecule has 1 fully saturated rings. The fourth-order valence-electron chi connectivity index (χ4n) is 2.53. The maximum Gasteiger partial charge on any atom is 0.320 e. The molecule has 2 unspecified atom stereocenters. The van der Waals surface area contributed by atoms with Crippen LogP contribution in [0.2, 0.25) is 0 Å². The normalized spacial score (nSPS) is 25.6. The second-order valence-corrected chi connectivity index (χ2v) is 4.64. The molecule has 1 aliphatic carbocycles. The second kappa shape index (κ2) is 7.67. The van der Waals surface area contributed by atoms with Crippen molar-refractivity contribution in [3.8, 4) is 0 Å². The quantitative estimate of drug-likeness (QED) is 0.588. The Bertz CT molecular complexity index is 233. The molecule has 0 aromatic rings. The molecule has 1 saturated carbocycles. The molecule has 17 heavy (non-hydrogen) atoms. The lowest BCUT2D eigenvalue weighted by molar-refractivity contribution is -0.145. The average Bonchev–Trinajstić information content (AvgIpc) is 2.51. The summed E-state index contributed by atoms with van der Waals surface area (Å²) in [7, 11) is 0. The first-order chi connectivity index (χ1) is 8.19. The van der Waals surface area contributed by atoms with Gasteiger partial charge in [-0.15, -0.1) is 0 Å². The highest BCUT2D eigenvalue weighted by Gasteiger charge is 2.28. The zero-order valence-electron chi connectivity index (χ0n) is 11.0. The average molecular weight is 243 g/mol. The molecule has 0 aromatic heterocycles. The van der Waals surface area contributed by atoms with Crippen molar-refractivity contribution in [3.63, 3.8) is 0 Å². The summed E-state index contributed by atoms with van der Waals surface area (Å²) in [6.07, 6.45) is 4.95. The summed E-state index contributed by atoms with van der Waals surface area (Å²) in [6.45, 7) is 5.34. The van der Waals surface area contributed by atoms with Crippen molar-refractivity contribution in [2.24, 2.45) is 0 Å². The number of hydrogen-bond acceptors (Lipinski definition) is 4. The predicted octanol–water partition coefficient (Wildman–Crippen LogP) is 1.56. The van der Waals surface area contributed by atoms with Crippen LogP contribution in [-0.2, 0) is 9.53 Å². The van der Waals surface area contributed by atoms with Gasteiger partial charge in [0.25, 0.3) is 0 Å². The molecule has 0 amide bonds. The van der Waals surface area contributed by atoms with Crippen molar-refractivity contribution >= 4 is 5.97 Å². The van der Waals surface area contributed by atoms with Crippen molar-refractivity contribution in [1.82, 2.24) is 4.90 Å². The van der Waals surface area contributed by atoms with Gasteiger partial charge in [-0.25, -0.2) is 0 Å². The van der Waals surface area contributed by atoms with Crippen LogP contribution in [0, 0.1) is 0 Å². The Morgan fingerprint density at radius 1 is 1.29 bits per heavy atom. The van der Waals surface area contributed by atoms with Crippen molar-refractivity contribution in [1.29, 1.82) is 0 Å². The number of likely N-dealkylation sites (N-methyl/N-ethyl adjacent to an activating group) is 1. The predicted molar refractivity (Wildman–Crippen MR) is 66.8 cm³/mol. The molecule has 0 aliphatic heterocycles. The van der Waals surface area contributed by atoms with E-state index in [1.807, 2.05) is 18.7 Å². The van der Waals surface area contributed by atoms with Gasteiger partial charge in [0.15, 0.2) is 0 Å². The monoisotopic (exact) mass is 243 g/mol. The van der Waals surface area contributed by atoms with E-state index in [4.69, 9.17) is 4.74 Å². The largest absolute Gasteiger partial charge is 0.465 e. The summed E-state index contributed by atoms with van der Waals surface area (Å²) in [4.78, 5) is 13.6. The van der Waals surface area contributed by atoms with Crippen molar-refractivity contribution in [3.05, 3.63) is 0 Å². The van der Waals surface area contributed by atoms with Crippen LogP contribution in [0.5, 0.6) is 0 Å². The molecular formula is C13H25NO3. The molecule has 100 valence electrons. The Morgan fingerprint density at radius 2 is 2.00 bits per heavy atom. The van der Waals surface area contributed by atoms with E-state index >= 15 is 0 Å². The Morgan fingerprint density at radius 3 is 2.65 bits per heavy atom. The number of aliphatic hydroxyl groups is 1. The molecule has 4 nitrogen and oxygen atoms in total. The van der Waals surface area contributed by atoms with Gasteiger partial charge in [0, 0.05) is 6.04 Å². The summed E-state index contributed by atoms with van der Waals surface area (Å²) >= 11 is 0. The van der Waals surface area contributed by atoms with Gasteiger partial charge in [0.05, 0.1) is 19.3 Å². The third-order valence-corrected chi connectivity index (χ3v) is 3.46. The third-order valence-electron chi connectivity index (χ3n) is 3.46. The molecular weight excluding hydrogens is 218 g/mol. The second-order valence-electron chi connectivity index (χ2n) is 4.64. The van der Waals surface area contributed by atoms with E-state index in [-0.39, 0.29) is 18.1 Å². The first-order valence-electron chi connectivity index (χ1n) is 6.76.